The molecule has 0 bridgehead atoms. The second-order valence-electron chi connectivity index (χ2n) is 4.59. The van der Waals surface area contributed by atoms with Crippen LogP contribution in [0.15, 0.2) is 0 Å². The number of hydrogen-bond donors (Lipinski definition) is 3. The van der Waals surface area contributed by atoms with E-state index in [1.165, 1.54) is 0 Å². The number of nitrogens with one attached hydrogen (secondary N) is 2. The van der Waals surface area contributed by atoms with Crippen LogP contribution in [-0.2, 0) is 19.2 Å². The van der Waals surface area contributed by atoms with E-state index < -0.39 is 35.6 Å². The lowest BCUT2D eigenvalue weighted by molar-refractivity contribution is -0.138. The first kappa shape index (κ1) is 15.6. The van der Waals surface area contributed by atoms with E-state index in [9.17, 15) is 24.0 Å². The highest BCUT2D eigenvalue weighted by molar-refractivity contribution is 6.04. The third-order valence-electron chi connectivity index (χ3n) is 2.54. The molecule has 20 heavy (non-hydrogen) atoms. The quantitative estimate of drug-likeness (QED) is 0.549. The van der Waals surface area contributed by atoms with Gasteiger partial charge in [0.25, 0.3) is 0 Å². The van der Waals surface area contributed by atoms with Gasteiger partial charge in [-0.1, -0.05) is 6.92 Å². The zero-order chi connectivity index (χ0) is 15.3. The van der Waals surface area contributed by atoms with Crippen molar-refractivity contribution in [3.63, 3.8) is 0 Å². The van der Waals surface area contributed by atoms with Gasteiger partial charge in [0.05, 0.1) is 0 Å². The lowest BCUT2D eigenvalue weighted by Gasteiger charge is -2.25. The van der Waals surface area contributed by atoms with Gasteiger partial charge in [0.1, 0.15) is 13.1 Å². The van der Waals surface area contributed by atoms with Gasteiger partial charge >= 0.3 is 12.0 Å². The fourth-order valence-corrected chi connectivity index (χ4v) is 1.72. The summed E-state index contributed by atoms with van der Waals surface area (Å²) in [5.74, 6) is -3.35. The number of carbonyl (C=O) groups is 5. The van der Waals surface area contributed by atoms with E-state index in [-0.39, 0.29) is 25.9 Å². The van der Waals surface area contributed by atoms with Gasteiger partial charge in [-0.25, -0.2) is 4.79 Å². The normalized spacial score (nSPS) is 16.4. The van der Waals surface area contributed by atoms with Crippen molar-refractivity contribution >= 4 is 29.7 Å². The summed E-state index contributed by atoms with van der Waals surface area (Å²) in [6.45, 7) is 0.946. The van der Waals surface area contributed by atoms with E-state index in [1.54, 1.807) is 6.92 Å². The summed E-state index contributed by atoms with van der Waals surface area (Å²) in [6, 6.07) is -0.847. The number of imide groups is 2. The molecule has 1 aliphatic rings. The van der Waals surface area contributed by atoms with Gasteiger partial charge in [0, 0.05) is 12.8 Å². The van der Waals surface area contributed by atoms with Crippen molar-refractivity contribution in [2.24, 2.45) is 5.92 Å². The predicted molar refractivity (Wildman–Crippen MR) is 64.3 cm³/mol. The van der Waals surface area contributed by atoms with Crippen LogP contribution in [0.3, 0.4) is 0 Å². The number of nitrogens with zero attached hydrogens (tertiary/aromatic N) is 1. The maximum absolute atomic E-state index is 11.6. The lowest BCUT2D eigenvalue weighted by atomic mass is 10.0. The van der Waals surface area contributed by atoms with E-state index in [0.29, 0.717) is 0 Å². The first-order valence-electron chi connectivity index (χ1n) is 5.91. The third kappa shape index (κ3) is 5.04. The summed E-state index contributed by atoms with van der Waals surface area (Å²) in [5.41, 5.74) is 0. The molecule has 1 heterocycles. The molecule has 5 amide bonds. The van der Waals surface area contributed by atoms with Crippen LogP contribution in [0.1, 0.15) is 19.8 Å². The number of amides is 5. The Balaban J connectivity index is 2.45. The molecule has 1 unspecified atom stereocenters. The van der Waals surface area contributed by atoms with Gasteiger partial charge in [0.2, 0.25) is 17.7 Å². The standard InChI is InChI=1S/C11H15N3O6/c1-6(3-10(18)19)2-7(15)13-11(20)14-4-8(16)12-9(17)5-14/h6H,2-5H2,1H3,(H,18,19)(H,12,16,17)(H,13,15,20). The molecule has 0 aliphatic carbocycles. The highest BCUT2D eigenvalue weighted by Crippen LogP contribution is 2.07. The number of carboxylic acid groups (broad SMARTS) is 1. The van der Waals surface area contributed by atoms with Gasteiger partial charge in [-0.05, 0) is 5.92 Å². The summed E-state index contributed by atoms with van der Waals surface area (Å²) in [6.07, 6.45) is -0.321. The molecule has 0 spiro atoms. The van der Waals surface area contributed by atoms with Crippen LogP contribution >= 0.6 is 0 Å². The molecule has 1 rings (SSSR count). The first-order valence-corrected chi connectivity index (χ1v) is 5.91. The maximum atomic E-state index is 11.6. The van der Waals surface area contributed by atoms with Crippen LogP contribution in [0, 0.1) is 5.92 Å². The minimum atomic E-state index is -1.03. The molecule has 3 N–H and O–H groups in total. The van der Waals surface area contributed by atoms with Crippen molar-refractivity contribution in [2.45, 2.75) is 19.8 Å². The number of carbonyl (C=O) groups excluding carboxylic acids is 4. The average Bonchev–Trinajstić information content (AvgIpc) is 2.25. The molecule has 0 aromatic heterocycles. The first-order chi connectivity index (χ1) is 9.27. The minimum Gasteiger partial charge on any atom is -0.481 e. The van der Waals surface area contributed by atoms with Gasteiger partial charge < -0.3 is 10.0 Å². The molecule has 1 atom stereocenters. The summed E-state index contributed by atoms with van der Waals surface area (Å²) >= 11 is 0. The molecule has 1 saturated heterocycles. The Bertz CT molecular complexity index is 445. The topological polar surface area (TPSA) is 133 Å². The molecule has 1 aliphatic heterocycles. The Morgan fingerprint density at radius 2 is 1.80 bits per heavy atom. The smallest absolute Gasteiger partial charge is 0.324 e. The average molecular weight is 285 g/mol. The monoisotopic (exact) mass is 285 g/mol. The molecule has 110 valence electrons. The highest BCUT2D eigenvalue weighted by atomic mass is 16.4. The summed E-state index contributed by atoms with van der Waals surface area (Å²) in [5, 5.41) is 12.6. The van der Waals surface area contributed by atoms with Crippen LogP contribution in [0.4, 0.5) is 4.79 Å². The van der Waals surface area contributed by atoms with E-state index in [4.69, 9.17) is 5.11 Å². The molecular formula is C11H15N3O6. The molecule has 9 nitrogen and oxygen atoms in total. The molecule has 9 heteroatoms. The lowest BCUT2D eigenvalue weighted by Crippen LogP contribution is -2.56. The fraction of sp³-hybridized carbons (Fsp3) is 0.545. The minimum absolute atomic E-state index is 0.133. The zero-order valence-corrected chi connectivity index (χ0v) is 10.8. The molecule has 0 saturated carbocycles. The number of piperazine rings is 1. The Morgan fingerprint density at radius 3 is 2.30 bits per heavy atom. The summed E-state index contributed by atoms with van der Waals surface area (Å²) in [7, 11) is 0. The van der Waals surface area contributed by atoms with Crippen molar-refractivity contribution in [3.05, 3.63) is 0 Å². The number of hydrogen-bond acceptors (Lipinski definition) is 5. The third-order valence-corrected chi connectivity index (χ3v) is 2.54. The predicted octanol–water partition coefficient (Wildman–Crippen LogP) is -1.32. The number of carboxylic acids is 1. The van der Waals surface area contributed by atoms with Crippen LogP contribution in [0.25, 0.3) is 0 Å². The number of aliphatic carboxylic acids is 1. The van der Waals surface area contributed by atoms with Crippen LogP contribution in [0.5, 0.6) is 0 Å². The zero-order valence-electron chi connectivity index (χ0n) is 10.8. The molecular weight excluding hydrogens is 270 g/mol. The van der Waals surface area contributed by atoms with Crippen LogP contribution in [-0.4, -0.2) is 52.8 Å². The maximum Gasteiger partial charge on any atom is 0.324 e. The molecule has 0 aromatic carbocycles. The Morgan fingerprint density at radius 1 is 1.25 bits per heavy atom. The summed E-state index contributed by atoms with van der Waals surface area (Å²) < 4.78 is 0. The van der Waals surface area contributed by atoms with Crippen LogP contribution < -0.4 is 10.6 Å². The van der Waals surface area contributed by atoms with Gasteiger partial charge in [-0.15, -0.1) is 0 Å². The van der Waals surface area contributed by atoms with Crippen molar-refractivity contribution in [1.29, 1.82) is 0 Å². The molecule has 0 aromatic rings. The van der Waals surface area contributed by atoms with E-state index in [0.717, 1.165) is 4.90 Å². The van der Waals surface area contributed by atoms with Crippen LogP contribution in [0.2, 0.25) is 0 Å². The number of rotatable bonds is 4. The largest absolute Gasteiger partial charge is 0.481 e. The van der Waals surface area contributed by atoms with Crippen molar-refractivity contribution in [2.75, 3.05) is 13.1 Å². The summed E-state index contributed by atoms with van der Waals surface area (Å²) in [4.78, 5) is 56.6. The number of urea groups is 1. The van der Waals surface area contributed by atoms with Crippen molar-refractivity contribution in [3.8, 4) is 0 Å². The fourth-order valence-electron chi connectivity index (χ4n) is 1.72. The van der Waals surface area contributed by atoms with Gasteiger partial charge in [0.15, 0.2) is 0 Å². The molecule has 0 radical (unpaired) electrons. The van der Waals surface area contributed by atoms with E-state index >= 15 is 0 Å². The SMILES string of the molecule is CC(CC(=O)O)CC(=O)NC(=O)N1CC(=O)NC(=O)C1. The Labute approximate surface area is 114 Å². The van der Waals surface area contributed by atoms with Crippen molar-refractivity contribution < 1.29 is 29.1 Å². The second-order valence-corrected chi connectivity index (χ2v) is 4.59. The van der Waals surface area contributed by atoms with Crippen molar-refractivity contribution in [1.82, 2.24) is 15.5 Å². The highest BCUT2D eigenvalue weighted by Gasteiger charge is 2.27. The van der Waals surface area contributed by atoms with E-state index in [2.05, 4.69) is 0 Å². The molecule has 1 fully saturated rings. The van der Waals surface area contributed by atoms with Gasteiger partial charge in [-0.2, -0.15) is 0 Å². The Hall–Kier alpha value is -2.45. The second kappa shape index (κ2) is 6.64. The Kier molecular flexibility index (Phi) is 5.18. The van der Waals surface area contributed by atoms with Gasteiger partial charge in [-0.3, -0.25) is 29.8 Å². The van der Waals surface area contributed by atoms with E-state index in [1.807, 2.05) is 10.6 Å².